The highest BCUT2D eigenvalue weighted by Gasteiger charge is 2.32. The van der Waals surface area contributed by atoms with E-state index in [2.05, 4.69) is 20.1 Å². The molecule has 0 radical (unpaired) electrons. The third kappa shape index (κ3) is 2.72. The third-order valence-electron chi connectivity index (χ3n) is 4.00. The smallest absolute Gasteiger partial charge is 0.170 e. The lowest BCUT2D eigenvalue weighted by Crippen LogP contribution is -2.47. The fourth-order valence-electron chi connectivity index (χ4n) is 2.76. The molecule has 1 saturated heterocycles. The second kappa shape index (κ2) is 5.43. The molecule has 1 N–H and O–H groups in total. The summed E-state index contributed by atoms with van der Waals surface area (Å²) in [6.07, 6.45) is 4.38. The largest absolute Gasteiger partial charge is 0.352 e. The van der Waals surface area contributed by atoms with E-state index in [1.807, 2.05) is 7.05 Å². The molecule has 2 heterocycles. The van der Waals surface area contributed by atoms with Gasteiger partial charge in [-0.1, -0.05) is 0 Å². The first-order valence-electron chi connectivity index (χ1n) is 7.06. The Balaban J connectivity index is 1.70. The van der Waals surface area contributed by atoms with Crippen molar-refractivity contribution >= 4 is 5.82 Å². The summed E-state index contributed by atoms with van der Waals surface area (Å²) in [4.78, 5) is 8.83. The van der Waals surface area contributed by atoms with E-state index in [4.69, 9.17) is 0 Å². The van der Waals surface area contributed by atoms with Gasteiger partial charge in [-0.3, -0.25) is 4.90 Å². The lowest BCUT2D eigenvalue weighted by atomic mass is 10.2. The summed E-state index contributed by atoms with van der Waals surface area (Å²) in [6.45, 7) is 4.36. The number of aromatic nitrogens is 1. The molecule has 2 aliphatic rings. The number of pyridine rings is 1. The van der Waals surface area contributed by atoms with Gasteiger partial charge in [0.15, 0.2) is 11.6 Å². The zero-order chi connectivity index (χ0) is 13.2. The molecule has 19 heavy (non-hydrogen) atoms. The molecule has 1 aromatic rings. The van der Waals surface area contributed by atoms with Crippen molar-refractivity contribution in [2.75, 3.05) is 38.1 Å². The lowest BCUT2D eigenvalue weighted by Gasteiger charge is -2.35. The standard InChI is InChI=1S/C14H21FN4/c1-16-10-11-4-5-17-14(13(11)15)19-8-6-18(7-9-19)12-2-3-12/h4-5,12,16H,2-3,6-10H2,1H3. The zero-order valence-corrected chi connectivity index (χ0v) is 11.4. The van der Waals surface area contributed by atoms with Gasteiger partial charge in [0.2, 0.25) is 0 Å². The molecule has 104 valence electrons. The molecule has 2 fully saturated rings. The summed E-state index contributed by atoms with van der Waals surface area (Å²) in [7, 11) is 1.83. The van der Waals surface area contributed by atoms with Gasteiger partial charge in [0.05, 0.1) is 0 Å². The van der Waals surface area contributed by atoms with Crippen LogP contribution in [0, 0.1) is 5.82 Å². The van der Waals surface area contributed by atoms with E-state index in [1.165, 1.54) is 12.8 Å². The molecule has 4 nitrogen and oxygen atoms in total. The van der Waals surface area contributed by atoms with Gasteiger partial charge in [-0.25, -0.2) is 9.37 Å². The Bertz CT molecular complexity index is 439. The predicted octanol–water partition coefficient (Wildman–Crippen LogP) is 1.22. The summed E-state index contributed by atoms with van der Waals surface area (Å²) < 4.78 is 14.4. The van der Waals surface area contributed by atoms with Gasteiger partial charge in [0.25, 0.3) is 0 Å². The number of hydrogen-bond acceptors (Lipinski definition) is 4. The molecular weight excluding hydrogens is 243 g/mol. The minimum absolute atomic E-state index is 0.170. The Morgan fingerprint density at radius 2 is 2.05 bits per heavy atom. The molecular formula is C14H21FN4. The second-order valence-electron chi connectivity index (χ2n) is 5.39. The van der Waals surface area contributed by atoms with Crippen LogP contribution in [0.15, 0.2) is 12.3 Å². The van der Waals surface area contributed by atoms with Crippen LogP contribution >= 0.6 is 0 Å². The molecule has 0 bridgehead atoms. The number of nitrogens with zero attached hydrogens (tertiary/aromatic N) is 3. The first-order chi connectivity index (χ1) is 9.29. The monoisotopic (exact) mass is 264 g/mol. The van der Waals surface area contributed by atoms with Crippen molar-refractivity contribution in [1.29, 1.82) is 0 Å². The normalized spacial score (nSPS) is 20.8. The van der Waals surface area contributed by atoms with E-state index in [0.29, 0.717) is 17.9 Å². The predicted molar refractivity (Wildman–Crippen MR) is 73.8 cm³/mol. The van der Waals surface area contributed by atoms with Crippen molar-refractivity contribution in [1.82, 2.24) is 15.2 Å². The minimum Gasteiger partial charge on any atom is -0.352 e. The number of halogens is 1. The van der Waals surface area contributed by atoms with Crippen molar-refractivity contribution < 1.29 is 4.39 Å². The first kappa shape index (κ1) is 12.8. The van der Waals surface area contributed by atoms with Crippen LogP contribution in [-0.2, 0) is 6.54 Å². The number of piperazine rings is 1. The van der Waals surface area contributed by atoms with Crippen LogP contribution in [-0.4, -0.2) is 49.2 Å². The Morgan fingerprint density at radius 3 is 2.68 bits per heavy atom. The Hall–Kier alpha value is -1.20. The molecule has 0 spiro atoms. The highest BCUT2D eigenvalue weighted by Crippen LogP contribution is 2.28. The number of nitrogens with one attached hydrogen (secondary N) is 1. The Kier molecular flexibility index (Phi) is 3.66. The molecule has 0 unspecified atom stereocenters. The minimum atomic E-state index is -0.170. The van der Waals surface area contributed by atoms with Gasteiger partial charge < -0.3 is 10.2 Å². The number of rotatable bonds is 4. The second-order valence-corrected chi connectivity index (χ2v) is 5.39. The molecule has 0 amide bonds. The van der Waals surface area contributed by atoms with Crippen LogP contribution < -0.4 is 10.2 Å². The van der Waals surface area contributed by atoms with Crippen LogP contribution in [0.4, 0.5) is 10.2 Å². The lowest BCUT2D eigenvalue weighted by molar-refractivity contribution is 0.247. The highest BCUT2D eigenvalue weighted by molar-refractivity contribution is 5.43. The van der Waals surface area contributed by atoms with Gasteiger partial charge in [0, 0.05) is 50.5 Å². The molecule has 5 heteroatoms. The molecule has 1 saturated carbocycles. The van der Waals surface area contributed by atoms with Crippen molar-refractivity contribution in [3.8, 4) is 0 Å². The van der Waals surface area contributed by atoms with E-state index < -0.39 is 0 Å². The molecule has 1 aromatic heterocycles. The average Bonchev–Trinajstić information content (AvgIpc) is 3.26. The summed E-state index contributed by atoms with van der Waals surface area (Å²) in [6, 6.07) is 2.55. The van der Waals surface area contributed by atoms with Gasteiger partial charge >= 0.3 is 0 Å². The highest BCUT2D eigenvalue weighted by atomic mass is 19.1. The van der Waals surface area contributed by atoms with Gasteiger partial charge in [-0.05, 0) is 26.0 Å². The van der Waals surface area contributed by atoms with Crippen molar-refractivity contribution in [3.05, 3.63) is 23.6 Å². The van der Waals surface area contributed by atoms with Crippen molar-refractivity contribution in [3.63, 3.8) is 0 Å². The van der Waals surface area contributed by atoms with E-state index in [-0.39, 0.29) is 5.82 Å². The molecule has 3 rings (SSSR count). The van der Waals surface area contributed by atoms with Crippen LogP contribution in [0.25, 0.3) is 0 Å². The number of hydrogen-bond donors (Lipinski definition) is 1. The fourth-order valence-corrected chi connectivity index (χ4v) is 2.76. The van der Waals surface area contributed by atoms with Gasteiger partial charge in [-0.2, -0.15) is 0 Å². The van der Waals surface area contributed by atoms with Crippen LogP contribution in [0.2, 0.25) is 0 Å². The summed E-state index contributed by atoms with van der Waals surface area (Å²) in [5.41, 5.74) is 0.692. The average molecular weight is 264 g/mol. The zero-order valence-electron chi connectivity index (χ0n) is 11.4. The topological polar surface area (TPSA) is 31.4 Å². The van der Waals surface area contributed by atoms with Crippen molar-refractivity contribution in [2.45, 2.75) is 25.4 Å². The molecule has 0 atom stereocenters. The quantitative estimate of drug-likeness (QED) is 0.886. The van der Waals surface area contributed by atoms with E-state index in [9.17, 15) is 4.39 Å². The fraction of sp³-hybridized carbons (Fsp3) is 0.643. The van der Waals surface area contributed by atoms with Crippen molar-refractivity contribution in [2.24, 2.45) is 0 Å². The van der Waals surface area contributed by atoms with Gasteiger partial charge in [0.1, 0.15) is 0 Å². The summed E-state index contributed by atoms with van der Waals surface area (Å²) >= 11 is 0. The SMILES string of the molecule is CNCc1ccnc(N2CCN(C3CC3)CC2)c1F. The molecule has 1 aliphatic carbocycles. The maximum Gasteiger partial charge on any atom is 0.170 e. The first-order valence-corrected chi connectivity index (χ1v) is 7.06. The van der Waals surface area contributed by atoms with Gasteiger partial charge in [-0.15, -0.1) is 0 Å². The Morgan fingerprint density at radius 1 is 1.32 bits per heavy atom. The van der Waals surface area contributed by atoms with Crippen LogP contribution in [0.3, 0.4) is 0 Å². The summed E-state index contributed by atoms with van der Waals surface area (Å²) in [5, 5.41) is 2.99. The van der Waals surface area contributed by atoms with E-state index in [1.54, 1.807) is 12.3 Å². The van der Waals surface area contributed by atoms with E-state index >= 15 is 0 Å². The van der Waals surface area contributed by atoms with Crippen LogP contribution in [0.1, 0.15) is 18.4 Å². The summed E-state index contributed by atoms with van der Waals surface area (Å²) in [5.74, 6) is 0.347. The maximum absolute atomic E-state index is 14.4. The Labute approximate surface area is 113 Å². The number of anilines is 1. The molecule has 0 aromatic carbocycles. The maximum atomic E-state index is 14.4. The molecule has 1 aliphatic heterocycles. The third-order valence-corrected chi connectivity index (χ3v) is 4.00. The van der Waals surface area contributed by atoms with Crippen LogP contribution in [0.5, 0.6) is 0 Å². The van der Waals surface area contributed by atoms with E-state index in [0.717, 1.165) is 32.2 Å².